The molecule has 4 nitrogen and oxygen atoms in total. The number of benzene rings is 1. The number of nitrogens with one attached hydrogen (secondary N) is 1. The van der Waals surface area contributed by atoms with Gasteiger partial charge in [-0.05, 0) is 18.6 Å². The van der Waals surface area contributed by atoms with E-state index in [1.54, 1.807) is 12.1 Å². The van der Waals surface area contributed by atoms with Gasteiger partial charge in [0.2, 0.25) is 0 Å². The summed E-state index contributed by atoms with van der Waals surface area (Å²) in [6, 6.07) is 7.08. The van der Waals surface area contributed by atoms with Crippen molar-refractivity contribution in [2.75, 3.05) is 13.1 Å². The van der Waals surface area contributed by atoms with Gasteiger partial charge in [-0.15, -0.1) is 12.4 Å². The van der Waals surface area contributed by atoms with Crippen molar-refractivity contribution in [1.82, 2.24) is 5.32 Å². The summed E-state index contributed by atoms with van der Waals surface area (Å²) in [5.74, 6) is 0.349. The van der Waals surface area contributed by atoms with Crippen LogP contribution in [0.3, 0.4) is 0 Å². The van der Waals surface area contributed by atoms with Crippen LogP contribution in [0.25, 0.3) is 0 Å². The molecule has 0 bridgehead atoms. The molecule has 1 amide bonds. The lowest BCUT2D eigenvalue weighted by atomic mass is 10.2. The van der Waals surface area contributed by atoms with E-state index in [4.69, 9.17) is 22.1 Å². The molecule has 1 unspecified atom stereocenters. The Morgan fingerprint density at radius 3 is 2.72 bits per heavy atom. The second kappa shape index (κ2) is 9.03. The van der Waals surface area contributed by atoms with Crippen molar-refractivity contribution < 1.29 is 9.53 Å². The molecule has 0 aliphatic heterocycles. The third-order valence-corrected chi connectivity index (χ3v) is 2.52. The van der Waals surface area contributed by atoms with Crippen LogP contribution in [-0.2, 0) is 4.79 Å². The molecule has 0 saturated heterocycles. The minimum absolute atomic E-state index is 0. The molecule has 0 aromatic heterocycles. The number of hydrogen-bond donors (Lipinski definition) is 2. The smallest absolute Gasteiger partial charge is 0.261 e. The number of carbonyl (C=O) groups excluding carboxylic acids is 1. The monoisotopic (exact) mass is 292 g/mol. The third-order valence-electron chi connectivity index (χ3n) is 2.21. The van der Waals surface area contributed by atoms with Gasteiger partial charge in [-0.3, -0.25) is 4.79 Å². The average Bonchev–Trinajstić information content (AvgIpc) is 2.35. The van der Waals surface area contributed by atoms with E-state index in [2.05, 4.69) is 5.32 Å². The Hall–Kier alpha value is -0.970. The van der Waals surface area contributed by atoms with Crippen LogP contribution in [0.15, 0.2) is 24.3 Å². The molecule has 0 radical (unpaired) electrons. The van der Waals surface area contributed by atoms with Crippen LogP contribution < -0.4 is 15.8 Å². The first kappa shape index (κ1) is 17.0. The maximum atomic E-state index is 11.7. The quantitative estimate of drug-likeness (QED) is 0.843. The number of para-hydroxylation sites is 1. The van der Waals surface area contributed by atoms with E-state index >= 15 is 0 Å². The number of ether oxygens (including phenoxy) is 1. The van der Waals surface area contributed by atoms with Crippen LogP contribution in [0.5, 0.6) is 5.75 Å². The first-order valence-electron chi connectivity index (χ1n) is 5.58. The summed E-state index contributed by atoms with van der Waals surface area (Å²) in [5.41, 5.74) is 5.32. The largest absolute Gasteiger partial charge is 0.479 e. The van der Waals surface area contributed by atoms with Crippen LogP contribution in [0, 0.1) is 0 Å². The van der Waals surface area contributed by atoms with Crippen LogP contribution in [0.2, 0.25) is 5.02 Å². The fraction of sp³-hybridized carbons (Fsp3) is 0.417. The molecule has 0 heterocycles. The van der Waals surface area contributed by atoms with E-state index < -0.39 is 6.10 Å². The van der Waals surface area contributed by atoms with Crippen LogP contribution in [0.4, 0.5) is 0 Å². The predicted molar refractivity (Wildman–Crippen MR) is 75.5 cm³/mol. The molecule has 0 saturated carbocycles. The highest BCUT2D eigenvalue weighted by Gasteiger charge is 2.18. The summed E-state index contributed by atoms with van der Waals surface area (Å²) in [4.78, 5) is 11.7. The highest BCUT2D eigenvalue weighted by molar-refractivity contribution is 6.32. The number of halogens is 2. The molecule has 0 spiro atoms. The Labute approximate surface area is 118 Å². The molecule has 1 atom stereocenters. The van der Waals surface area contributed by atoms with Gasteiger partial charge in [-0.2, -0.15) is 0 Å². The van der Waals surface area contributed by atoms with Gasteiger partial charge in [0, 0.05) is 13.1 Å². The molecule has 0 aliphatic carbocycles. The molecule has 18 heavy (non-hydrogen) atoms. The van der Waals surface area contributed by atoms with E-state index in [0.717, 1.165) is 0 Å². The summed E-state index contributed by atoms with van der Waals surface area (Å²) in [5, 5.41) is 3.19. The van der Waals surface area contributed by atoms with Crippen LogP contribution >= 0.6 is 24.0 Å². The third kappa shape index (κ3) is 5.12. The first-order chi connectivity index (χ1) is 8.19. The van der Waals surface area contributed by atoms with Crippen molar-refractivity contribution in [2.45, 2.75) is 19.4 Å². The number of nitrogens with two attached hydrogens (primary N) is 1. The summed E-state index contributed by atoms with van der Waals surface area (Å²) in [6.45, 7) is 2.74. The minimum Gasteiger partial charge on any atom is -0.479 e. The number of amides is 1. The average molecular weight is 293 g/mol. The van der Waals surface area contributed by atoms with Crippen molar-refractivity contribution in [3.63, 3.8) is 0 Å². The van der Waals surface area contributed by atoms with Gasteiger partial charge in [0.25, 0.3) is 5.91 Å². The highest BCUT2D eigenvalue weighted by Crippen LogP contribution is 2.24. The second-order valence-electron chi connectivity index (χ2n) is 3.52. The van der Waals surface area contributed by atoms with Crippen LogP contribution in [0.1, 0.15) is 13.3 Å². The summed E-state index contributed by atoms with van der Waals surface area (Å²) in [7, 11) is 0. The normalized spacial score (nSPS) is 11.3. The van der Waals surface area contributed by atoms with Crippen molar-refractivity contribution in [1.29, 1.82) is 0 Å². The van der Waals surface area contributed by atoms with E-state index in [1.165, 1.54) is 0 Å². The molecular weight excluding hydrogens is 275 g/mol. The highest BCUT2D eigenvalue weighted by atomic mass is 35.5. The molecule has 0 aliphatic rings. The number of carbonyl (C=O) groups is 1. The summed E-state index contributed by atoms with van der Waals surface area (Å²) in [6.07, 6.45) is 0.0307. The zero-order valence-corrected chi connectivity index (χ0v) is 11.8. The Bertz CT molecular complexity index is 375. The van der Waals surface area contributed by atoms with Gasteiger partial charge >= 0.3 is 0 Å². The lowest BCUT2D eigenvalue weighted by Crippen LogP contribution is -2.40. The zero-order chi connectivity index (χ0) is 12.7. The van der Waals surface area contributed by atoms with E-state index in [9.17, 15) is 4.79 Å². The van der Waals surface area contributed by atoms with E-state index in [0.29, 0.717) is 30.3 Å². The van der Waals surface area contributed by atoms with Gasteiger partial charge in [-0.1, -0.05) is 30.7 Å². The molecule has 102 valence electrons. The first-order valence-corrected chi connectivity index (χ1v) is 5.95. The lowest BCUT2D eigenvalue weighted by Gasteiger charge is -2.17. The lowest BCUT2D eigenvalue weighted by molar-refractivity contribution is -0.128. The molecular formula is C12H18Cl2N2O2. The van der Waals surface area contributed by atoms with Gasteiger partial charge < -0.3 is 15.8 Å². The number of rotatable bonds is 6. The van der Waals surface area contributed by atoms with Gasteiger partial charge in [0.1, 0.15) is 5.75 Å². The predicted octanol–water partition coefficient (Wildman–Crippen LogP) is 1.99. The summed E-state index contributed by atoms with van der Waals surface area (Å²) >= 11 is 5.96. The molecule has 1 rings (SSSR count). The van der Waals surface area contributed by atoms with Crippen molar-refractivity contribution in [2.24, 2.45) is 5.73 Å². The van der Waals surface area contributed by atoms with E-state index in [-0.39, 0.29) is 18.3 Å². The summed E-state index contributed by atoms with van der Waals surface area (Å²) < 4.78 is 5.57. The zero-order valence-electron chi connectivity index (χ0n) is 10.2. The Balaban J connectivity index is 0.00000289. The topological polar surface area (TPSA) is 64.3 Å². The van der Waals surface area contributed by atoms with Gasteiger partial charge in [0.15, 0.2) is 6.10 Å². The maximum absolute atomic E-state index is 11.7. The van der Waals surface area contributed by atoms with Crippen molar-refractivity contribution in [3.8, 4) is 5.75 Å². The standard InChI is InChI=1S/C12H17ClN2O2.ClH/c1-2-10(12(16)15-8-7-14)17-11-6-4-3-5-9(11)13;/h3-6,10H,2,7-8,14H2,1H3,(H,15,16);1H. The Kier molecular flexibility index (Phi) is 8.54. The molecule has 1 aromatic carbocycles. The van der Waals surface area contributed by atoms with Crippen LogP contribution in [-0.4, -0.2) is 25.1 Å². The fourth-order valence-electron chi connectivity index (χ4n) is 1.33. The maximum Gasteiger partial charge on any atom is 0.261 e. The fourth-order valence-corrected chi connectivity index (χ4v) is 1.51. The minimum atomic E-state index is -0.540. The second-order valence-corrected chi connectivity index (χ2v) is 3.93. The van der Waals surface area contributed by atoms with E-state index in [1.807, 2.05) is 19.1 Å². The van der Waals surface area contributed by atoms with Gasteiger partial charge in [0.05, 0.1) is 5.02 Å². The van der Waals surface area contributed by atoms with Gasteiger partial charge in [-0.25, -0.2) is 0 Å². The Morgan fingerprint density at radius 2 is 2.17 bits per heavy atom. The molecule has 0 fully saturated rings. The molecule has 6 heteroatoms. The van der Waals surface area contributed by atoms with Crippen molar-refractivity contribution >= 4 is 29.9 Å². The SMILES string of the molecule is CCC(Oc1ccccc1Cl)C(=O)NCCN.Cl. The molecule has 1 aromatic rings. The number of hydrogen-bond acceptors (Lipinski definition) is 3. The molecule has 3 N–H and O–H groups in total. The van der Waals surface area contributed by atoms with Crippen molar-refractivity contribution in [3.05, 3.63) is 29.3 Å². The Morgan fingerprint density at radius 1 is 1.50 bits per heavy atom.